The van der Waals surface area contributed by atoms with E-state index in [2.05, 4.69) is 9.97 Å². The minimum Gasteiger partial charge on any atom is -0.493 e. The SMILES string of the molecule is CS(=O)Cc1cc(N(CCCCOc2cc(F)ccc2-c2nc(Cl)ncc2F)S(=O)(=O)c2ccccc2[N+](=O)[O-])cc([N+](=O)[O-])c1. The first-order chi connectivity index (χ1) is 21.8. The van der Waals surface area contributed by atoms with Gasteiger partial charge in [-0.25, -0.2) is 27.2 Å². The van der Waals surface area contributed by atoms with Gasteiger partial charge in [-0.3, -0.25) is 28.7 Å². The molecule has 0 aliphatic heterocycles. The molecule has 0 N–H and O–H groups in total. The minimum atomic E-state index is -4.68. The van der Waals surface area contributed by atoms with Gasteiger partial charge in [-0.15, -0.1) is 0 Å². The van der Waals surface area contributed by atoms with E-state index in [1.807, 2.05) is 0 Å². The Morgan fingerprint density at radius 1 is 1.02 bits per heavy atom. The van der Waals surface area contributed by atoms with Gasteiger partial charge in [0, 0.05) is 59.2 Å². The number of hydrogen-bond acceptors (Lipinski definition) is 10. The van der Waals surface area contributed by atoms with Gasteiger partial charge in [0.1, 0.15) is 17.3 Å². The molecule has 0 aliphatic rings. The van der Waals surface area contributed by atoms with Crippen LogP contribution in [0.4, 0.5) is 25.8 Å². The van der Waals surface area contributed by atoms with Crippen LogP contribution in [-0.2, 0) is 26.6 Å². The molecule has 46 heavy (non-hydrogen) atoms. The van der Waals surface area contributed by atoms with E-state index in [1.165, 1.54) is 36.6 Å². The van der Waals surface area contributed by atoms with Gasteiger partial charge in [0.2, 0.25) is 5.28 Å². The maximum absolute atomic E-state index is 14.4. The molecule has 1 unspecified atom stereocenters. The summed E-state index contributed by atoms with van der Waals surface area (Å²) in [6.45, 7) is -0.440. The Kier molecular flexibility index (Phi) is 10.9. The molecule has 1 atom stereocenters. The standard InChI is InChI=1S/C28H24ClF2N5O8S2/c1-45(41)17-18-12-20(15-21(13-18)35(37)38)34(46(42,43)26-7-3-2-6-24(26)36(39)40)10-4-5-11-44-25-14-19(30)8-9-22(25)27-23(31)16-32-28(29)33-27/h2-3,6-9,12-16H,4-5,10-11,17H2,1H3. The number of halogens is 3. The largest absolute Gasteiger partial charge is 0.493 e. The van der Waals surface area contributed by atoms with Crippen LogP contribution in [-0.4, -0.2) is 51.8 Å². The average Bonchev–Trinajstić information content (AvgIpc) is 2.99. The normalized spacial score (nSPS) is 12.0. The molecule has 0 radical (unpaired) electrons. The van der Waals surface area contributed by atoms with Gasteiger partial charge in [0.25, 0.3) is 21.4 Å². The second-order valence-corrected chi connectivity index (χ2v) is 13.3. The van der Waals surface area contributed by atoms with E-state index < -0.39 is 58.6 Å². The zero-order valence-corrected chi connectivity index (χ0v) is 26.2. The Morgan fingerprint density at radius 2 is 1.76 bits per heavy atom. The lowest BCUT2D eigenvalue weighted by Crippen LogP contribution is -2.33. The van der Waals surface area contributed by atoms with E-state index in [4.69, 9.17) is 16.3 Å². The summed E-state index contributed by atoms with van der Waals surface area (Å²) in [7, 11) is -6.11. The van der Waals surface area contributed by atoms with Gasteiger partial charge >= 0.3 is 0 Å². The highest BCUT2D eigenvalue weighted by Crippen LogP contribution is 2.34. The molecule has 1 aromatic heterocycles. The molecule has 4 aromatic rings. The Morgan fingerprint density at radius 3 is 2.46 bits per heavy atom. The Labute approximate surface area is 268 Å². The quantitative estimate of drug-likeness (QED) is 0.0676. The van der Waals surface area contributed by atoms with Crippen molar-refractivity contribution in [3.8, 4) is 17.0 Å². The summed E-state index contributed by atoms with van der Waals surface area (Å²) in [4.78, 5) is 28.5. The van der Waals surface area contributed by atoms with Crippen LogP contribution >= 0.6 is 11.6 Å². The van der Waals surface area contributed by atoms with Gasteiger partial charge in [0.15, 0.2) is 10.7 Å². The zero-order valence-electron chi connectivity index (χ0n) is 23.8. The predicted molar refractivity (Wildman–Crippen MR) is 166 cm³/mol. The van der Waals surface area contributed by atoms with Crippen molar-refractivity contribution in [1.29, 1.82) is 0 Å². The number of benzene rings is 3. The van der Waals surface area contributed by atoms with Crippen LogP contribution in [0.2, 0.25) is 5.28 Å². The first-order valence-corrected chi connectivity index (χ1v) is 16.8. The van der Waals surface area contributed by atoms with E-state index in [9.17, 15) is 41.6 Å². The van der Waals surface area contributed by atoms with Crippen molar-refractivity contribution < 1.29 is 36.0 Å². The molecule has 0 amide bonds. The molecule has 0 spiro atoms. The molecule has 0 aliphatic carbocycles. The summed E-state index contributed by atoms with van der Waals surface area (Å²) >= 11 is 5.80. The molecule has 4 rings (SSSR count). The van der Waals surface area contributed by atoms with Crippen molar-refractivity contribution in [3.63, 3.8) is 0 Å². The number of para-hydroxylation sites is 1. The fourth-order valence-corrected chi connectivity index (χ4v) is 6.86. The van der Waals surface area contributed by atoms with Crippen molar-refractivity contribution in [1.82, 2.24) is 9.97 Å². The highest BCUT2D eigenvalue weighted by molar-refractivity contribution is 7.93. The van der Waals surface area contributed by atoms with Crippen molar-refractivity contribution in [2.24, 2.45) is 0 Å². The summed E-state index contributed by atoms with van der Waals surface area (Å²) in [6, 6.07) is 11.5. The second kappa shape index (κ2) is 14.7. The molecule has 242 valence electrons. The van der Waals surface area contributed by atoms with Crippen molar-refractivity contribution in [2.45, 2.75) is 23.5 Å². The summed E-state index contributed by atoms with van der Waals surface area (Å²) in [5.41, 5.74) is -1.27. The number of sulfonamides is 1. The van der Waals surface area contributed by atoms with Crippen LogP contribution < -0.4 is 9.04 Å². The lowest BCUT2D eigenvalue weighted by Gasteiger charge is -2.25. The highest BCUT2D eigenvalue weighted by atomic mass is 35.5. The smallest absolute Gasteiger partial charge is 0.289 e. The number of nitro benzene ring substituents is 2. The number of nitrogens with zero attached hydrogens (tertiary/aromatic N) is 5. The van der Waals surface area contributed by atoms with Gasteiger partial charge in [0.05, 0.1) is 28.3 Å². The molecular weight excluding hydrogens is 672 g/mol. The van der Waals surface area contributed by atoms with Crippen LogP contribution in [0.15, 0.2) is 71.8 Å². The lowest BCUT2D eigenvalue weighted by atomic mass is 10.1. The van der Waals surface area contributed by atoms with E-state index >= 15 is 0 Å². The molecule has 0 fully saturated rings. The molecule has 13 nitrogen and oxygen atoms in total. The third-order valence-corrected chi connectivity index (χ3v) is 9.18. The van der Waals surface area contributed by atoms with Crippen LogP contribution in [0, 0.1) is 31.9 Å². The summed E-state index contributed by atoms with van der Waals surface area (Å²) < 4.78 is 74.8. The Hall–Kier alpha value is -4.61. The maximum Gasteiger partial charge on any atom is 0.289 e. The van der Waals surface area contributed by atoms with Gasteiger partial charge in [-0.2, -0.15) is 0 Å². The van der Waals surface area contributed by atoms with Crippen LogP contribution in [0.25, 0.3) is 11.3 Å². The van der Waals surface area contributed by atoms with Crippen LogP contribution in [0.3, 0.4) is 0 Å². The molecule has 3 aromatic carbocycles. The van der Waals surface area contributed by atoms with Crippen molar-refractivity contribution in [2.75, 3.05) is 23.7 Å². The highest BCUT2D eigenvalue weighted by Gasteiger charge is 2.32. The third-order valence-electron chi connectivity index (χ3n) is 6.39. The molecule has 18 heteroatoms. The first-order valence-electron chi connectivity index (χ1n) is 13.2. The molecular formula is C28H24ClF2N5O8S2. The summed E-state index contributed by atoms with van der Waals surface area (Å²) in [5, 5.41) is 23.1. The maximum atomic E-state index is 14.4. The topological polar surface area (TPSA) is 176 Å². The van der Waals surface area contributed by atoms with E-state index in [1.54, 1.807) is 0 Å². The number of unbranched alkanes of at least 4 members (excludes halogenated alkanes) is 1. The molecule has 1 heterocycles. The Balaban J connectivity index is 1.64. The minimum absolute atomic E-state index is 0.0515. The fourth-order valence-electron chi connectivity index (χ4n) is 4.44. The van der Waals surface area contributed by atoms with Crippen molar-refractivity contribution >= 4 is 49.5 Å². The summed E-state index contributed by atoms with van der Waals surface area (Å²) in [5.74, 6) is -1.71. The first kappa shape index (κ1) is 34.3. The molecule has 0 saturated heterocycles. The van der Waals surface area contributed by atoms with Gasteiger partial charge < -0.3 is 4.74 Å². The van der Waals surface area contributed by atoms with Crippen molar-refractivity contribution in [3.05, 3.63) is 110 Å². The number of nitro groups is 2. The predicted octanol–water partition coefficient (Wildman–Crippen LogP) is 5.82. The van der Waals surface area contributed by atoms with Gasteiger partial charge in [-0.1, -0.05) is 12.1 Å². The average molecular weight is 696 g/mol. The lowest BCUT2D eigenvalue weighted by molar-refractivity contribution is -0.387. The Bertz CT molecular complexity index is 1930. The number of rotatable bonds is 14. The monoisotopic (exact) mass is 695 g/mol. The fraction of sp³-hybridized carbons (Fsp3) is 0.214. The number of ether oxygens (including phenoxy) is 1. The van der Waals surface area contributed by atoms with E-state index in [0.717, 1.165) is 40.8 Å². The number of aromatic nitrogens is 2. The number of non-ortho nitro benzene ring substituents is 1. The van der Waals surface area contributed by atoms with Crippen LogP contribution in [0.1, 0.15) is 18.4 Å². The molecule has 0 saturated carbocycles. The number of anilines is 1. The number of hydrogen-bond donors (Lipinski definition) is 0. The van der Waals surface area contributed by atoms with Gasteiger partial charge in [-0.05, 0) is 54.3 Å². The second-order valence-electron chi connectivity index (χ2n) is 9.67. The van der Waals surface area contributed by atoms with E-state index in [-0.39, 0.29) is 65.3 Å². The van der Waals surface area contributed by atoms with Crippen LogP contribution in [0.5, 0.6) is 5.75 Å². The third kappa shape index (κ3) is 8.15. The molecule has 0 bridgehead atoms. The van der Waals surface area contributed by atoms with E-state index in [0.29, 0.717) is 0 Å². The summed E-state index contributed by atoms with van der Waals surface area (Å²) in [6.07, 6.45) is 2.40. The zero-order chi connectivity index (χ0) is 33.6.